The lowest BCUT2D eigenvalue weighted by molar-refractivity contribution is -0.302. The summed E-state index contributed by atoms with van der Waals surface area (Å²) in [5.74, 6) is -1.03. The highest BCUT2D eigenvalue weighted by Crippen LogP contribution is 2.26. The Balaban J connectivity index is 2.93. The zero-order valence-electron chi connectivity index (χ0n) is 9.34. The van der Waals surface area contributed by atoms with E-state index in [0.29, 0.717) is 6.21 Å². The number of rotatable bonds is 6. The second-order valence-electron chi connectivity index (χ2n) is 3.40. The summed E-state index contributed by atoms with van der Waals surface area (Å²) in [6.45, 7) is 0. The Hall–Kier alpha value is -1.96. The fraction of sp³-hybridized carbons (Fsp3) is 0.273. The highest BCUT2D eigenvalue weighted by molar-refractivity contribution is 6.08. The monoisotopic (exact) mass is 279 g/mol. The van der Waals surface area contributed by atoms with Crippen molar-refractivity contribution in [2.75, 3.05) is 0 Å². The molecule has 0 saturated heterocycles. The van der Waals surface area contributed by atoms with Crippen LogP contribution in [0.1, 0.15) is 10.4 Å². The van der Waals surface area contributed by atoms with Crippen molar-refractivity contribution in [3.05, 3.63) is 35.9 Å². The van der Waals surface area contributed by atoms with E-state index in [1.165, 1.54) is 24.3 Å². The maximum atomic E-state index is 12.7. The van der Waals surface area contributed by atoms with E-state index in [1.54, 1.807) is 6.07 Å². The van der Waals surface area contributed by atoms with E-state index < -0.39 is 24.4 Å². The number of alkyl halides is 4. The Morgan fingerprint density at radius 2 is 1.89 bits per heavy atom. The standard InChI is InChI=1S/C11H9F4NO3/c12-10(13)11(14,15)19-8(6-16-18)9(17)7-4-2-1-3-5-7/h1-6,8,10,18H/b16-6+. The molecule has 0 aliphatic rings. The van der Waals surface area contributed by atoms with E-state index >= 15 is 0 Å². The van der Waals surface area contributed by atoms with E-state index in [9.17, 15) is 22.4 Å². The molecule has 104 valence electrons. The number of oxime groups is 1. The second-order valence-corrected chi connectivity index (χ2v) is 3.40. The van der Waals surface area contributed by atoms with E-state index in [1.807, 2.05) is 0 Å². The van der Waals surface area contributed by atoms with Crippen LogP contribution in [0.25, 0.3) is 0 Å². The molecule has 0 bridgehead atoms. The molecule has 1 aromatic rings. The summed E-state index contributed by atoms with van der Waals surface area (Å²) in [5.41, 5.74) is -0.0440. The van der Waals surface area contributed by atoms with Crippen LogP contribution >= 0.6 is 0 Å². The molecule has 0 spiro atoms. The van der Waals surface area contributed by atoms with Crippen LogP contribution in [0.3, 0.4) is 0 Å². The molecule has 0 aliphatic carbocycles. The van der Waals surface area contributed by atoms with Gasteiger partial charge in [-0.25, -0.2) is 8.78 Å². The number of halogens is 4. The SMILES string of the molecule is O=C(c1ccccc1)C(/C=N/O)OC(F)(F)C(F)F. The number of carbonyl (C=O) groups is 1. The maximum absolute atomic E-state index is 12.7. The number of benzene rings is 1. The highest BCUT2D eigenvalue weighted by Gasteiger charge is 2.45. The van der Waals surface area contributed by atoms with Gasteiger partial charge >= 0.3 is 12.5 Å². The lowest BCUT2D eigenvalue weighted by Gasteiger charge is -2.20. The molecule has 8 heteroatoms. The van der Waals surface area contributed by atoms with Gasteiger partial charge in [-0.2, -0.15) is 8.78 Å². The number of ether oxygens (including phenoxy) is 1. The number of carbonyl (C=O) groups excluding carboxylic acids is 1. The molecule has 1 rings (SSSR count). The van der Waals surface area contributed by atoms with Crippen LogP contribution in [0.2, 0.25) is 0 Å². The van der Waals surface area contributed by atoms with Gasteiger partial charge in [0.15, 0.2) is 11.9 Å². The summed E-state index contributed by atoms with van der Waals surface area (Å²) >= 11 is 0. The molecule has 0 radical (unpaired) electrons. The van der Waals surface area contributed by atoms with Crippen LogP contribution in [-0.4, -0.2) is 35.8 Å². The zero-order valence-corrected chi connectivity index (χ0v) is 9.34. The van der Waals surface area contributed by atoms with Gasteiger partial charge in [-0.1, -0.05) is 35.5 Å². The van der Waals surface area contributed by atoms with E-state index in [2.05, 4.69) is 9.89 Å². The van der Waals surface area contributed by atoms with Gasteiger partial charge in [-0.15, -0.1) is 0 Å². The lowest BCUT2D eigenvalue weighted by atomic mass is 10.1. The summed E-state index contributed by atoms with van der Waals surface area (Å²) in [7, 11) is 0. The highest BCUT2D eigenvalue weighted by atomic mass is 19.3. The Labute approximate surface area is 105 Å². The number of hydrogen-bond acceptors (Lipinski definition) is 4. The molecule has 19 heavy (non-hydrogen) atoms. The number of Topliss-reactive ketones (excluding diaryl/α,β-unsaturated/α-hetero) is 1. The minimum Gasteiger partial charge on any atom is -0.411 e. The lowest BCUT2D eigenvalue weighted by Crippen LogP contribution is -2.39. The van der Waals surface area contributed by atoms with Gasteiger partial charge in [0.1, 0.15) is 0 Å². The van der Waals surface area contributed by atoms with Gasteiger partial charge < -0.3 is 5.21 Å². The summed E-state index contributed by atoms with van der Waals surface area (Å²) < 4.78 is 53.1. The van der Waals surface area contributed by atoms with Gasteiger partial charge in [0.25, 0.3) is 0 Å². The largest absolute Gasteiger partial charge is 0.417 e. The average molecular weight is 279 g/mol. The molecule has 0 saturated carbocycles. The molecule has 0 aliphatic heterocycles. The van der Waals surface area contributed by atoms with E-state index in [0.717, 1.165) is 0 Å². The molecule has 1 atom stereocenters. The minimum absolute atomic E-state index is 0.0440. The van der Waals surface area contributed by atoms with Crippen LogP contribution in [0.15, 0.2) is 35.5 Å². The predicted octanol–water partition coefficient (Wildman–Crippen LogP) is 2.57. The Morgan fingerprint density at radius 1 is 1.32 bits per heavy atom. The first-order valence-electron chi connectivity index (χ1n) is 4.99. The third-order valence-electron chi connectivity index (χ3n) is 2.06. The Morgan fingerprint density at radius 3 is 2.37 bits per heavy atom. The molecule has 0 fully saturated rings. The number of nitrogens with zero attached hydrogens (tertiary/aromatic N) is 1. The van der Waals surface area contributed by atoms with Gasteiger partial charge in [0, 0.05) is 5.56 Å². The molecular weight excluding hydrogens is 270 g/mol. The molecule has 0 heterocycles. The predicted molar refractivity (Wildman–Crippen MR) is 56.9 cm³/mol. The normalized spacial score (nSPS) is 13.9. The van der Waals surface area contributed by atoms with E-state index in [4.69, 9.17) is 5.21 Å². The van der Waals surface area contributed by atoms with Crippen LogP contribution < -0.4 is 0 Å². The van der Waals surface area contributed by atoms with Crippen LogP contribution in [0.4, 0.5) is 17.6 Å². The third kappa shape index (κ3) is 4.02. The Bertz CT molecular complexity index is 451. The first-order valence-corrected chi connectivity index (χ1v) is 4.99. The molecule has 0 amide bonds. The zero-order chi connectivity index (χ0) is 14.5. The summed E-state index contributed by atoms with van der Waals surface area (Å²) in [5, 5.41) is 10.6. The van der Waals surface area contributed by atoms with Crippen molar-refractivity contribution in [3.8, 4) is 0 Å². The first-order chi connectivity index (χ1) is 8.88. The molecule has 1 aromatic carbocycles. The van der Waals surface area contributed by atoms with Crippen LogP contribution in [0.5, 0.6) is 0 Å². The summed E-state index contributed by atoms with van der Waals surface area (Å²) in [6.07, 6.45) is -10.7. The number of hydrogen-bond donors (Lipinski definition) is 1. The van der Waals surface area contributed by atoms with Crippen molar-refractivity contribution in [1.82, 2.24) is 0 Å². The van der Waals surface area contributed by atoms with Crippen LogP contribution in [-0.2, 0) is 4.74 Å². The molecule has 0 aromatic heterocycles. The summed E-state index contributed by atoms with van der Waals surface area (Å²) in [4.78, 5) is 11.7. The molecule has 4 nitrogen and oxygen atoms in total. The quantitative estimate of drug-likeness (QED) is 0.286. The van der Waals surface area contributed by atoms with Gasteiger partial charge in [0.2, 0.25) is 0 Å². The fourth-order valence-corrected chi connectivity index (χ4v) is 1.20. The van der Waals surface area contributed by atoms with Crippen molar-refractivity contribution < 1.29 is 32.3 Å². The van der Waals surface area contributed by atoms with Crippen LogP contribution in [0, 0.1) is 0 Å². The fourth-order valence-electron chi connectivity index (χ4n) is 1.20. The summed E-state index contributed by atoms with van der Waals surface area (Å²) in [6, 6.07) is 7.03. The maximum Gasteiger partial charge on any atom is 0.417 e. The van der Waals surface area contributed by atoms with Gasteiger partial charge in [-0.3, -0.25) is 9.53 Å². The van der Waals surface area contributed by atoms with Crippen molar-refractivity contribution in [2.24, 2.45) is 5.16 Å². The Kier molecular flexibility index (Phi) is 4.99. The topological polar surface area (TPSA) is 58.9 Å². The van der Waals surface area contributed by atoms with Crippen molar-refractivity contribution in [1.29, 1.82) is 0 Å². The number of ketones is 1. The molecule has 1 N–H and O–H groups in total. The van der Waals surface area contributed by atoms with Gasteiger partial charge in [0.05, 0.1) is 6.21 Å². The molecule has 1 unspecified atom stereocenters. The van der Waals surface area contributed by atoms with Crippen molar-refractivity contribution in [2.45, 2.75) is 18.6 Å². The van der Waals surface area contributed by atoms with Gasteiger partial charge in [-0.05, 0) is 0 Å². The smallest absolute Gasteiger partial charge is 0.411 e. The molecular formula is C11H9F4NO3. The van der Waals surface area contributed by atoms with Crippen molar-refractivity contribution >= 4 is 12.0 Å². The van der Waals surface area contributed by atoms with E-state index in [-0.39, 0.29) is 5.56 Å². The second kappa shape index (κ2) is 6.28. The first kappa shape index (κ1) is 15.1. The average Bonchev–Trinajstić information content (AvgIpc) is 2.38. The minimum atomic E-state index is -4.82. The van der Waals surface area contributed by atoms with Crippen molar-refractivity contribution in [3.63, 3.8) is 0 Å². The third-order valence-corrected chi connectivity index (χ3v) is 2.06.